The summed E-state index contributed by atoms with van der Waals surface area (Å²) in [7, 11) is 0. The molecule has 0 fully saturated rings. The van der Waals surface area contributed by atoms with E-state index in [1.165, 1.54) is 11.8 Å². The summed E-state index contributed by atoms with van der Waals surface area (Å²) >= 11 is 4.93. The Bertz CT molecular complexity index is 1520. The number of carbonyl (C=O) groups is 1. The van der Waals surface area contributed by atoms with Crippen LogP contribution >= 0.6 is 27.7 Å². The molecule has 39 heavy (non-hydrogen) atoms. The molecule has 7 nitrogen and oxygen atoms in total. The third-order valence-corrected chi connectivity index (χ3v) is 7.42. The first-order valence-corrected chi connectivity index (χ1v) is 14.1. The normalized spacial score (nSPS) is 15.7. The maximum Gasteiger partial charge on any atom is 0.283 e. The molecule has 0 radical (unpaired) electrons. The second-order valence-corrected chi connectivity index (χ2v) is 10.3. The van der Waals surface area contributed by atoms with Crippen LogP contribution in [-0.4, -0.2) is 41.6 Å². The van der Waals surface area contributed by atoms with Gasteiger partial charge in [-0.15, -0.1) is 0 Å². The first-order valence-electron chi connectivity index (χ1n) is 12.4. The van der Waals surface area contributed by atoms with Gasteiger partial charge in [0.15, 0.2) is 16.7 Å². The van der Waals surface area contributed by atoms with Crippen LogP contribution in [0.25, 0.3) is 11.8 Å². The minimum absolute atomic E-state index is 0.0767. The van der Waals surface area contributed by atoms with Crippen molar-refractivity contribution in [2.24, 2.45) is 4.99 Å². The van der Waals surface area contributed by atoms with Crippen LogP contribution < -0.4 is 14.2 Å². The number of nitrogens with zero attached hydrogens (tertiary/aromatic N) is 2. The number of hydrogen-bond donors (Lipinski definition) is 1. The van der Waals surface area contributed by atoms with Gasteiger partial charge in [0.2, 0.25) is 0 Å². The molecular weight excluding hydrogens is 578 g/mol. The highest BCUT2D eigenvalue weighted by atomic mass is 79.9. The minimum atomic E-state index is -0.454. The van der Waals surface area contributed by atoms with Crippen LogP contribution in [-0.2, 0) is 4.79 Å². The van der Waals surface area contributed by atoms with Gasteiger partial charge in [0.25, 0.3) is 5.91 Å². The van der Waals surface area contributed by atoms with Crippen molar-refractivity contribution in [1.29, 1.82) is 5.41 Å². The Kier molecular flexibility index (Phi) is 8.18. The summed E-state index contributed by atoms with van der Waals surface area (Å²) in [6, 6.07) is 21.2. The zero-order valence-electron chi connectivity index (χ0n) is 21.4. The minimum Gasteiger partial charge on any atom is -0.490 e. The monoisotopic (exact) mass is 603 g/mol. The van der Waals surface area contributed by atoms with Crippen molar-refractivity contribution >= 4 is 56.4 Å². The topological polar surface area (TPSA) is 84.2 Å². The van der Waals surface area contributed by atoms with E-state index >= 15 is 0 Å². The molecule has 2 heterocycles. The van der Waals surface area contributed by atoms with Crippen LogP contribution in [0.5, 0.6) is 17.2 Å². The molecule has 0 aromatic heterocycles. The lowest BCUT2D eigenvalue weighted by molar-refractivity contribution is -0.114. The number of ether oxygens (including phenoxy) is 3. The Morgan fingerprint density at radius 2 is 1.74 bits per heavy atom. The molecule has 1 amide bonds. The number of fused-ring (bicyclic) bond motifs is 1. The summed E-state index contributed by atoms with van der Waals surface area (Å²) in [6.45, 7) is 5.00. The lowest BCUT2D eigenvalue weighted by Gasteiger charge is -2.27. The number of carbonyl (C=O) groups excluding carboxylic acids is 1. The molecule has 3 aromatic carbocycles. The number of aryl methyl sites for hydroxylation is 1. The first-order chi connectivity index (χ1) is 19.0. The summed E-state index contributed by atoms with van der Waals surface area (Å²) in [6.07, 6.45) is 1.66. The Hall–Kier alpha value is -3.82. The van der Waals surface area contributed by atoms with Gasteiger partial charge in [0, 0.05) is 5.41 Å². The number of para-hydroxylation sites is 1. The summed E-state index contributed by atoms with van der Waals surface area (Å²) in [5, 5.41) is 11.3. The largest absolute Gasteiger partial charge is 0.490 e. The van der Waals surface area contributed by atoms with Gasteiger partial charge in [0.1, 0.15) is 24.8 Å². The summed E-state index contributed by atoms with van der Waals surface area (Å²) in [4.78, 5) is 18.9. The highest BCUT2D eigenvalue weighted by Gasteiger charge is 2.36. The van der Waals surface area contributed by atoms with Crippen molar-refractivity contribution in [3.8, 4) is 17.2 Å². The molecule has 198 valence electrons. The molecule has 9 heteroatoms. The van der Waals surface area contributed by atoms with Crippen LogP contribution in [0.4, 0.5) is 0 Å². The SMILES string of the molecule is CCOc1cc(/C=C2/C(=N)N3C(c4ccccc4)=CSC3=NC2=O)cc(Br)c1OCCOc1ccccc1C. The maximum absolute atomic E-state index is 12.9. The standard InChI is InChI=1S/C30H26BrN3O4S/c1-3-36-26-17-20(16-23(31)27(26)38-14-13-37-25-12-8-7-9-19(25)2)15-22-28(32)34-24(21-10-5-4-6-11-21)18-39-30(34)33-29(22)35/h4-12,15-18,32H,3,13-14H2,1-2H3/b22-15-,32-28?. The number of thioether (sulfide) groups is 1. The van der Waals surface area contributed by atoms with E-state index in [-0.39, 0.29) is 11.4 Å². The lowest BCUT2D eigenvalue weighted by Crippen LogP contribution is -2.38. The molecule has 0 spiro atoms. The number of hydrogen-bond acceptors (Lipinski definition) is 6. The van der Waals surface area contributed by atoms with E-state index in [4.69, 9.17) is 19.6 Å². The average Bonchev–Trinajstić information content (AvgIpc) is 3.35. The van der Waals surface area contributed by atoms with Gasteiger partial charge in [0.05, 0.1) is 22.3 Å². The molecule has 2 aliphatic heterocycles. The maximum atomic E-state index is 12.9. The fraction of sp³-hybridized carbons (Fsp3) is 0.167. The molecule has 0 saturated heterocycles. The molecule has 0 atom stereocenters. The molecule has 0 saturated carbocycles. The van der Waals surface area contributed by atoms with Crippen molar-refractivity contribution in [3.05, 3.63) is 98.9 Å². The zero-order valence-corrected chi connectivity index (χ0v) is 23.8. The smallest absolute Gasteiger partial charge is 0.283 e. The van der Waals surface area contributed by atoms with Crippen LogP contribution in [0.3, 0.4) is 0 Å². The summed E-state index contributed by atoms with van der Waals surface area (Å²) < 4.78 is 18.4. The second kappa shape index (κ2) is 11.9. The van der Waals surface area contributed by atoms with E-state index in [1.54, 1.807) is 17.0 Å². The molecule has 2 aliphatic rings. The van der Waals surface area contributed by atoms with Gasteiger partial charge in [-0.25, -0.2) is 0 Å². The van der Waals surface area contributed by atoms with Crippen LogP contribution in [0, 0.1) is 12.3 Å². The fourth-order valence-electron chi connectivity index (χ4n) is 4.17. The van der Waals surface area contributed by atoms with E-state index in [1.807, 2.05) is 79.9 Å². The van der Waals surface area contributed by atoms with Gasteiger partial charge < -0.3 is 14.2 Å². The van der Waals surface area contributed by atoms with E-state index in [2.05, 4.69) is 20.9 Å². The first kappa shape index (κ1) is 26.8. The van der Waals surface area contributed by atoms with Crippen molar-refractivity contribution in [3.63, 3.8) is 0 Å². The number of amides is 1. The predicted octanol–water partition coefficient (Wildman–Crippen LogP) is 6.92. The third kappa shape index (κ3) is 5.79. The Morgan fingerprint density at radius 3 is 2.51 bits per heavy atom. The molecule has 0 aliphatic carbocycles. The highest BCUT2D eigenvalue weighted by molar-refractivity contribution is 9.10. The Labute approximate surface area is 239 Å². The van der Waals surface area contributed by atoms with E-state index in [9.17, 15) is 4.79 Å². The summed E-state index contributed by atoms with van der Waals surface area (Å²) in [5.41, 5.74) is 3.69. The third-order valence-electron chi connectivity index (χ3n) is 6.01. The molecule has 0 bridgehead atoms. The van der Waals surface area contributed by atoms with Gasteiger partial charge in [-0.2, -0.15) is 4.99 Å². The number of nitrogens with one attached hydrogen (secondary N) is 1. The van der Waals surface area contributed by atoms with Crippen molar-refractivity contribution in [1.82, 2.24) is 4.90 Å². The number of benzene rings is 3. The van der Waals surface area contributed by atoms with Crippen LogP contribution in [0.1, 0.15) is 23.6 Å². The van der Waals surface area contributed by atoms with Gasteiger partial charge in [-0.3, -0.25) is 15.1 Å². The molecular formula is C30H26BrN3O4S. The van der Waals surface area contributed by atoms with Gasteiger partial charge in [-0.05, 0) is 70.7 Å². The van der Waals surface area contributed by atoms with E-state index in [0.29, 0.717) is 46.5 Å². The van der Waals surface area contributed by atoms with Gasteiger partial charge in [-0.1, -0.05) is 60.3 Å². The molecule has 3 aromatic rings. The average molecular weight is 605 g/mol. The van der Waals surface area contributed by atoms with Crippen molar-refractivity contribution in [2.75, 3.05) is 19.8 Å². The number of aliphatic imine (C=N–C) groups is 1. The van der Waals surface area contributed by atoms with E-state index in [0.717, 1.165) is 22.6 Å². The Balaban J connectivity index is 1.36. The number of amidine groups is 2. The highest BCUT2D eigenvalue weighted by Crippen LogP contribution is 2.40. The van der Waals surface area contributed by atoms with Gasteiger partial charge >= 0.3 is 0 Å². The lowest BCUT2D eigenvalue weighted by atomic mass is 10.1. The summed E-state index contributed by atoms with van der Waals surface area (Å²) in [5.74, 6) is 1.51. The number of rotatable bonds is 9. The predicted molar refractivity (Wildman–Crippen MR) is 159 cm³/mol. The van der Waals surface area contributed by atoms with Crippen molar-refractivity contribution < 1.29 is 19.0 Å². The molecule has 1 N–H and O–H groups in total. The second-order valence-electron chi connectivity index (χ2n) is 8.65. The van der Waals surface area contributed by atoms with Crippen LogP contribution in [0.15, 0.2) is 87.2 Å². The zero-order chi connectivity index (χ0) is 27.4. The van der Waals surface area contributed by atoms with Crippen LogP contribution in [0.2, 0.25) is 0 Å². The van der Waals surface area contributed by atoms with Crippen molar-refractivity contribution in [2.45, 2.75) is 13.8 Å². The van der Waals surface area contributed by atoms with E-state index < -0.39 is 5.91 Å². The quantitative estimate of drug-likeness (QED) is 0.211. The number of halogens is 1. The fourth-order valence-corrected chi connectivity index (χ4v) is 5.63. The molecule has 0 unspecified atom stereocenters. The molecule has 5 rings (SSSR count). The Morgan fingerprint density at radius 1 is 1.00 bits per heavy atom.